The van der Waals surface area contributed by atoms with E-state index in [2.05, 4.69) is 103 Å². The second kappa shape index (κ2) is 9.88. The minimum atomic E-state index is 0.429. The standard InChI is InChI=1S/C30H27N3OS/c1-19(2)25-17-24-9-6-14-31-29(24)27(18-25)23-8-5-7-21(15-23)16-28(30-32-20(3)33-34-30)22-10-12-26(35-4)13-11-22/h5-19H,1-4H3/b28-16-. The zero-order valence-corrected chi connectivity index (χ0v) is 21.1. The molecule has 0 bridgehead atoms. The fraction of sp³-hybridized carbons (Fsp3) is 0.167. The van der Waals surface area contributed by atoms with E-state index in [0.717, 1.165) is 38.7 Å². The summed E-state index contributed by atoms with van der Waals surface area (Å²) in [6.07, 6.45) is 6.05. The van der Waals surface area contributed by atoms with Crippen LogP contribution in [0.25, 0.3) is 33.7 Å². The monoisotopic (exact) mass is 477 g/mol. The van der Waals surface area contributed by atoms with Crippen molar-refractivity contribution in [3.63, 3.8) is 0 Å². The van der Waals surface area contributed by atoms with Gasteiger partial charge in [0, 0.05) is 27.6 Å². The zero-order chi connectivity index (χ0) is 24.4. The topological polar surface area (TPSA) is 51.8 Å². The molecule has 0 unspecified atom stereocenters. The fourth-order valence-corrected chi connectivity index (χ4v) is 4.59. The smallest absolute Gasteiger partial charge is 0.258 e. The summed E-state index contributed by atoms with van der Waals surface area (Å²) >= 11 is 1.72. The Morgan fingerprint density at radius 2 is 1.80 bits per heavy atom. The third-order valence-electron chi connectivity index (χ3n) is 6.06. The van der Waals surface area contributed by atoms with Crippen LogP contribution in [0.4, 0.5) is 0 Å². The molecule has 0 N–H and O–H groups in total. The van der Waals surface area contributed by atoms with Gasteiger partial charge in [0.15, 0.2) is 5.82 Å². The number of rotatable bonds is 6. The minimum Gasteiger partial charge on any atom is -0.334 e. The fourth-order valence-electron chi connectivity index (χ4n) is 4.18. The van der Waals surface area contributed by atoms with Crippen molar-refractivity contribution in [2.24, 2.45) is 0 Å². The predicted molar refractivity (Wildman–Crippen MR) is 145 cm³/mol. The Morgan fingerprint density at radius 3 is 2.51 bits per heavy atom. The van der Waals surface area contributed by atoms with Crippen LogP contribution >= 0.6 is 11.8 Å². The number of hydrogen-bond acceptors (Lipinski definition) is 5. The van der Waals surface area contributed by atoms with Gasteiger partial charge in [-0.1, -0.05) is 55.4 Å². The van der Waals surface area contributed by atoms with E-state index < -0.39 is 0 Å². The first-order chi connectivity index (χ1) is 17.0. The molecule has 0 spiro atoms. The third kappa shape index (κ3) is 4.91. The summed E-state index contributed by atoms with van der Waals surface area (Å²) in [6.45, 7) is 6.28. The van der Waals surface area contributed by atoms with E-state index in [1.807, 2.05) is 19.2 Å². The van der Waals surface area contributed by atoms with Crippen LogP contribution in [-0.2, 0) is 0 Å². The van der Waals surface area contributed by atoms with E-state index in [4.69, 9.17) is 9.51 Å². The lowest BCUT2D eigenvalue weighted by Gasteiger charge is -2.13. The van der Waals surface area contributed by atoms with Crippen molar-refractivity contribution in [1.82, 2.24) is 15.1 Å². The quantitative estimate of drug-likeness (QED) is 0.183. The second-order valence-corrected chi connectivity index (χ2v) is 9.74. The first-order valence-electron chi connectivity index (χ1n) is 11.7. The normalized spacial score (nSPS) is 12.0. The zero-order valence-electron chi connectivity index (χ0n) is 20.3. The maximum atomic E-state index is 5.58. The molecule has 174 valence electrons. The lowest BCUT2D eigenvalue weighted by atomic mass is 9.93. The molecule has 4 nitrogen and oxygen atoms in total. The van der Waals surface area contributed by atoms with Crippen LogP contribution in [0.2, 0.25) is 0 Å². The highest BCUT2D eigenvalue weighted by Crippen LogP contribution is 2.33. The van der Waals surface area contributed by atoms with Gasteiger partial charge in [-0.15, -0.1) is 11.8 Å². The molecule has 0 aliphatic heterocycles. The van der Waals surface area contributed by atoms with Crippen molar-refractivity contribution < 1.29 is 4.52 Å². The molecule has 0 saturated heterocycles. The van der Waals surface area contributed by atoms with Gasteiger partial charge in [0.1, 0.15) is 0 Å². The number of benzene rings is 3. The summed E-state index contributed by atoms with van der Waals surface area (Å²) in [5.41, 5.74) is 7.57. The Labute approximate surface area is 210 Å². The van der Waals surface area contributed by atoms with E-state index >= 15 is 0 Å². The van der Waals surface area contributed by atoms with E-state index in [-0.39, 0.29) is 0 Å². The average molecular weight is 478 g/mol. The van der Waals surface area contributed by atoms with Gasteiger partial charge in [-0.25, -0.2) is 0 Å². The molecule has 0 aliphatic carbocycles. The SMILES string of the molecule is CSc1ccc(/C(=C/c2cccc(-c3cc(C(C)C)cc4cccnc34)c2)c2nc(C)no2)cc1. The molecule has 0 radical (unpaired) electrons. The van der Waals surface area contributed by atoms with E-state index in [1.54, 1.807) is 11.8 Å². The number of aromatic nitrogens is 3. The Bertz CT molecular complexity index is 1520. The number of aryl methyl sites for hydroxylation is 1. The number of hydrogen-bond donors (Lipinski definition) is 0. The van der Waals surface area contributed by atoms with Gasteiger partial charge >= 0.3 is 0 Å². The van der Waals surface area contributed by atoms with Gasteiger partial charge in [-0.05, 0) is 83.8 Å². The maximum Gasteiger partial charge on any atom is 0.258 e. The van der Waals surface area contributed by atoms with Gasteiger partial charge in [0.25, 0.3) is 5.89 Å². The molecule has 0 saturated carbocycles. The van der Waals surface area contributed by atoms with Gasteiger partial charge in [0.05, 0.1) is 5.52 Å². The van der Waals surface area contributed by atoms with Gasteiger partial charge < -0.3 is 4.52 Å². The number of pyridine rings is 1. The molecular formula is C30H27N3OS. The Kier molecular flexibility index (Phi) is 6.51. The first-order valence-corrected chi connectivity index (χ1v) is 12.9. The largest absolute Gasteiger partial charge is 0.334 e. The summed E-state index contributed by atoms with van der Waals surface area (Å²) in [4.78, 5) is 10.4. The molecule has 5 aromatic rings. The van der Waals surface area contributed by atoms with Crippen LogP contribution in [0, 0.1) is 6.92 Å². The maximum absolute atomic E-state index is 5.58. The molecule has 5 rings (SSSR count). The van der Waals surface area contributed by atoms with Gasteiger partial charge in [0.2, 0.25) is 0 Å². The lowest BCUT2D eigenvalue weighted by Crippen LogP contribution is -1.93. The van der Waals surface area contributed by atoms with Crippen LogP contribution < -0.4 is 0 Å². The van der Waals surface area contributed by atoms with Crippen LogP contribution in [0.15, 0.2) is 88.4 Å². The molecule has 0 fully saturated rings. The molecule has 2 aromatic heterocycles. The molecule has 0 atom stereocenters. The van der Waals surface area contributed by atoms with E-state index in [1.165, 1.54) is 10.5 Å². The summed E-state index contributed by atoms with van der Waals surface area (Å²) in [7, 11) is 0. The summed E-state index contributed by atoms with van der Waals surface area (Å²) < 4.78 is 5.58. The van der Waals surface area contributed by atoms with Crippen molar-refractivity contribution in [3.05, 3.63) is 107 Å². The Balaban J connectivity index is 1.64. The van der Waals surface area contributed by atoms with Crippen molar-refractivity contribution in [3.8, 4) is 11.1 Å². The molecular weight excluding hydrogens is 450 g/mol. The number of fused-ring (bicyclic) bond motifs is 1. The molecule has 0 aliphatic rings. The van der Waals surface area contributed by atoms with Crippen molar-refractivity contribution in [2.75, 3.05) is 6.26 Å². The first kappa shape index (κ1) is 23.1. The molecule has 3 aromatic carbocycles. The van der Waals surface area contributed by atoms with Gasteiger partial charge in [-0.3, -0.25) is 4.98 Å². The van der Waals surface area contributed by atoms with Crippen molar-refractivity contribution in [1.29, 1.82) is 0 Å². The number of nitrogens with zero attached hydrogens (tertiary/aromatic N) is 3. The summed E-state index contributed by atoms with van der Waals surface area (Å²) in [5, 5.41) is 5.18. The highest BCUT2D eigenvalue weighted by atomic mass is 32.2. The molecule has 35 heavy (non-hydrogen) atoms. The van der Waals surface area contributed by atoms with Crippen molar-refractivity contribution >= 4 is 34.3 Å². The summed E-state index contributed by atoms with van der Waals surface area (Å²) in [6, 6.07) is 25.6. The molecule has 5 heteroatoms. The predicted octanol–water partition coefficient (Wildman–Crippen LogP) is 8.03. The van der Waals surface area contributed by atoms with Gasteiger partial charge in [-0.2, -0.15) is 4.98 Å². The average Bonchev–Trinajstić information content (AvgIpc) is 3.32. The van der Waals surface area contributed by atoms with E-state index in [9.17, 15) is 0 Å². The number of thioether (sulfide) groups is 1. The Morgan fingerprint density at radius 1 is 0.971 bits per heavy atom. The highest BCUT2D eigenvalue weighted by Gasteiger charge is 2.14. The second-order valence-electron chi connectivity index (χ2n) is 8.86. The van der Waals surface area contributed by atoms with Crippen LogP contribution in [-0.4, -0.2) is 21.4 Å². The third-order valence-corrected chi connectivity index (χ3v) is 6.81. The lowest BCUT2D eigenvalue weighted by molar-refractivity contribution is 0.403. The van der Waals surface area contributed by atoms with Crippen LogP contribution in [0.1, 0.15) is 48.2 Å². The van der Waals surface area contributed by atoms with Crippen molar-refractivity contribution in [2.45, 2.75) is 31.6 Å². The highest BCUT2D eigenvalue weighted by molar-refractivity contribution is 7.98. The minimum absolute atomic E-state index is 0.429. The Hall–Kier alpha value is -3.70. The summed E-state index contributed by atoms with van der Waals surface area (Å²) in [5.74, 6) is 1.56. The van der Waals surface area contributed by atoms with Crippen LogP contribution in [0.5, 0.6) is 0 Å². The van der Waals surface area contributed by atoms with E-state index in [0.29, 0.717) is 17.6 Å². The molecule has 0 amide bonds. The molecule has 2 heterocycles. The van der Waals surface area contributed by atoms with Crippen LogP contribution in [0.3, 0.4) is 0 Å².